The standard InChI is InChI=1S/C35H34N4O8/c1-38-15-14-27(40)33(46-20-23-6-4-3-5-7-23)32(38)35(43)39-18-26-30(19-39)47-25-11-8-22(9-12-25)17-36-31(41)21-45-29-16-24(34(42)37-26)10-13-28(29)44-2/h3-16,26,30H,17-21H2,1-2H3,(H,36,41)(H,37,42)/t26-,30-/m0/s1. The van der Waals surface area contributed by atoms with Crippen molar-refractivity contribution in [1.29, 1.82) is 0 Å². The number of carbonyl (C=O) groups excluding carboxylic acids is 3. The number of hydrogen-bond donors (Lipinski definition) is 2. The van der Waals surface area contributed by atoms with Crippen LogP contribution in [0.25, 0.3) is 0 Å². The molecule has 12 nitrogen and oxygen atoms in total. The Balaban J connectivity index is 1.30. The highest BCUT2D eigenvalue weighted by Gasteiger charge is 2.40. The topological polar surface area (TPSA) is 137 Å². The summed E-state index contributed by atoms with van der Waals surface area (Å²) in [6.07, 6.45) is 0.892. The Kier molecular flexibility index (Phi) is 9.09. The van der Waals surface area contributed by atoms with Gasteiger partial charge in [-0.25, -0.2) is 0 Å². The molecule has 242 valence electrons. The lowest BCUT2D eigenvalue weighted by Crippen LogP contribution is -2.45. The van der Waals surface area contributed by atoms with Gasteiger partial charge in [-0.15, -0.1) is 0 Å². The molecule has 3 aliphatic heterocycles. The van der Waals surface area contributed by atoms with Crippen LogP contribution in [0.5, 0.6) is 23.0 Å². The smallest absolute Gasteiger partial charge is 0.274 e. The Bertz CT molecular complexity index is 1840. The minimum Gasteiger partial charge on any atom is -0.493 e. The van der Waals surface area contributed by atoms with Crippen LogP contribution in [0.4, 0.5) is 0 Å². The van der Waals surface area contributed by atoms with E-state index in [1.165, 1.54) is 25.4 Å². The number of hydrogen-bond acceptors (Lipinski definition) is 8. The number of aryl methyl sites for hydroxylation is 1. The van der Waals surface area contributed by atoms with Crippen molar-refractivity contribution >= 4 is 17.7 Å². The molecule has 1 saturated heterocycles. The molecule has 7 rings (SSSR count). The molecule has 4 bridgehead atoms. The van der Waals surface area contributed by atoms with E-state index in [1.54, 1.807) is 40.8 Å². The molecular weight excluding hydrogens is 604 g/mol. The number of likely N-dealkylation sites (tertiary alicyclic amines) is 1. The van der Waals surface area contributed by atoms with Crippen molar-refractivity contribution in [2.45, 2.75) is 25.3 Å². The molecule has 3 amide bonds. The first-order valence-electron chi connectivity index (χ1n) is 15.1. The zero-order valence-corrected chi connectivity index (χ0v) is 25.9. The molecule has 2 atom stereocenters. The fraction of sp³-hybridized carbons (Fsp3) is 0.257. The van der Waals surface area contributed by atoms with Crippen molar-refractivity contribution < 1.29 is 33.3 Å². The van der Waals surface area contributed by atoms with Gasteiger partial charge in [-0.2, -0.15) is 0 Å². The van der Waals surface area contributed by atoms with E-state index >= 15 is 0 Å². The highest BCUT2D eigenvalue weighted by atomic mass is 16.5. The molecule has 1 fully saturated rings. The van der Waals surface area contributed by atoms with Crippen LogP contribution in [-0.2, 0) is 25.0 Å². The molecule has 1 aromatic heterocycles. The Morgan fingerprint density at radius 2 is 1.77 bits per heavy atom. The van der Waals surface area contributed by atoms with Crippen LogP contribution in [0.1, 0.15) is 32.0 Å². The van der Waals surface area contributed by atoms with Gasteiger partial charge in [0, 0.05) is 38.0 Å². The first kappa shape index (κ1) is 31.2. The number of methoxy groups -OCH3 is 1. The molecule has 4 heterocycles. The van der Waals surface area contributed by atoms with Crippen LogP contribution in [0.15, 0.2) is 89.9 Å². The van der Waals surface area contributed by atoms with Crippen molar-refractivity contribution in [2.75, 3.05) is 26.8 Å². The number of rotatable bonds is 5. The second kappa shape index (κ2) is 13.7. The number of carbonyl (C=O) groups is 3. The lowest BCUT2D eigenvalue weighted by molar-refractivity contribution is -0.123. The molecule has 12 heteroatoms. The summed E-state index contributed by atoms with van der Waals surface area (Å²) in [4.78, 5) is 54.6. The third kappa shape index (κ3) is 7.06. The Hall–Kier alpha value is -5.78. The summed E-state index contributed by atoms with van der Waals surface area (Å²) >= 11 is 0. The maximum absolute atomic E-state index is 14.1. The minimum absolute atomic E-state index is 0.0521. The zero-order chi connectivity index (χ0) is 32.9. The molecule has 2 N–H and O–H groups in total. The van der Waals surface area contributed by atoms with E-state index in [0.717, 1.165) is 11.1 Å². The summed E-state index contributed by atoms with van der Waals surface area (Å²) in [5, 5.41) is 5.82. The van der Waals surface area contributed by atoms with Crippen molar-refractivity contribution in [1.82, 2.24) is 20.1 Å². The van der Waals surface area contributed by atoms with Crippen LogP contribution in [-0.4, -0.2) is 66.1 Å². The maximum atomic E-state index is 14.1. The van der Waals surface area contributed by atoms with Crippen LogP contribution >= 0.6 is 0 Å². The quantitative estimate of drug-likeness (QED) is 0.341. The van der Waals surface area contributed by atoms with Crippen LogP contribution in [0.3, 0.4) is 0 Å². The van der Waals surface area contributed by atoms with E-state index in [2.05, 4.69) is 10.6 Å². The van der Waals surface area contributed by atoms with Crippen molar-refractivity contribution in [3.05, 3.63) is 118 Å². The van der Waals surface area contributed by atoms with Gasteiger partial charge < -0.3 is 39.0 Å². The number of nitrogens with one attached hydrogen (secondary N) is 2. The molecule has 4 aromatic rings. The first-order chi connectivity index (χ1) is 22.8. The number of fused-ring (bicyclic) bond motifs is 7. The van der Waals surface area contributed by atoms with Gasteiger partial charge in [-0.3, -0.25) is 19.2 Å². The number of nitrogens with zero attached hydrogens (tertiary/aromatic N) is 2. The number of ether oxygens (including phenoxy) is 4. The van der Waals surface area contributed by atoms with E-state index in [1.807, 2.05) is 42.5 Å². The molecule has 0 unspecified atom stereocenters. The lowest BCUT2D eigenvalue weighted by atomic mass is 10.1. The fourth-order valence-corrected chi connectivity index (χ4v) is 5.51. The predicted octanol–water partition coefficient (Wildman–Crippen LogP) is 2.68. The van der Waals surface area contributed by atoms with Gasteiger partial charge in [0.2, 0.25) is 5.43 Å². The first-order valence-corrected chi connectivity index (χ1v) is 15.1. The van der Waals surface area contributed by atoms with Gasteiger partial charge in [0.1, 0.15) is 18.5 Å². The van der Waals surface area contributed by atoms with Crippen LogP contribution in [0, 0.1) is 0 Å². The van der Waals surface area contributed by atoms with E-state index in [9.17, 15) is 19.2 Å². The maximum Gasteiger partial charge on any atom is 0.274 e. The van der Waals surface area contributed by atoms with E-state index < -0.39 is 29.4 Å². The normalized spacial score (nSPS) is 17.8. The SMILES string of the molecule is COc1ccc2cc1OCC(=O)NCc1ccc(cc1)O[C@H]1CN(C(=O)c3c(OCc4ccccc4)c(=O)ccn3C)C[C@@H]1NC2=O. The molecule has 3 aromatic carbocycles. The number of benzene rings is 3. The zero-order valence-electron chi connectivity index (χ0n) is 25.9. The predicted molar refractivity (Wildman–Crippen MR) is 171 cm³/mol. The van der Waals surface area contributed by atoms with Gasteiger partial charge in [0.25, 0.3) is 17.7 Å². The summed E-state index contributed by atoms with van der Waals surface area (Å²) in [7, 11) is 3.14. The van der Waals surface area contributed by atoms with Crippen LogP contribution < -0.4 is 35.0 Å². The number of amides is 3. The molecule has 0 radical (unpaired) electrons. The summed E-state index contributed by atoms with van der Waals surface area (Å²) < 4.78 is 24.9. The van der Waals surface area contributed by atoms with Crippen molar-refractivity contribution in [3.63, 3.8) is 0 Å². The highest BCUT2D eigenvalue weighted by molar-refractivity contribution is 5.97. The highest BCUT2D eigenvalue weighted by Crippen LogP contribution is 2.29. The molecule has 3 aliphatic rings. The van der Waals surface area contributed by atoms with Gasteiger partial charge in [0.05, 0.1) is 19.7 Å². The van der Waals surface area contributed by atoms with Gasteiger partial charge in [0.15, 0.2) is 29.5 Å². The Morgan fingerprint density at radius 3 is 2.53 bits per heavy atom. The fourth-order valence-electron chi connectivity index (χ4n) is 5.51. The average Bonchev–Trinajstić information content (AvgIpc) is 3.48. The Labute approximate surface area is 270 Å². The number of pyridine rings is 1. The molecule has 0 spiro atoms. The van der Waals surface area contributed by atoms with Gasteiger partial charge in [-0.05, 0) is 41.5 Å². The molecule has 0 aliphatic carbocycles. The Morgan fingerprint density at radius 1 is 0.979 bits per heavy atom. The largest absolute Gasteiger partial charge is 0.493 e. The average molecular weight is 639 g/mol. The third-order valence-corrected chi connectivity index (χ3v) is 8.02. The monoisotopic (exact) mass is 638 g/mol. The number of aromatic nitrogens is 1. The van der Waals surface area contributed by atoms with Crippen LogP contribution in [0.2, 0.25) is 0 Å². The lowest BCUT2D eigenvalue weighted by Gasteiger charge is -2.21. The molecule has 0 saturated carbocycles. The van der Waals surface area contributed by atoms with Gasteiger partial charge in [-0.1, -0.05) is 42.5 Å². The second-order valence-corrected chi connectivity index (χ2v) is 11.3. The summed E-state index contributed by atoms with van der Waals surface area (Å²) in [6.45, 7) is 0.339. The molecule has 47 heavy (non-hydrogen) atoms. The minimum atomic E-state index is -0.632. The summed E-state index contributed by atoms with van der Waals surface area (Å²) in [5.41, 5.74) is 1.63. The molecular formula is C35H34N4O8. The van der Waals surface area contributed by atoms with Crippen molar-refractivity contribution in [2.24, 2.45) is 7.05 Å². The second-order valence-electron chi connectivity index (χ2n) is 11.3. The summed E-state index contributed by atoms with van der Waals surface area (Å²) in [5.74, 6) is -0.149. The van der Waals surface area contributed by atoms with Crippen molar-refractivity contribution in [3.8, 4) is 23.0 Å². The third-order valence-electron chi connectivity index (χ3n) is 8.02. The van der Waals surface area contributed by atoms with E-state index in [-0.39, 0.29) is 61.5 Å². The van der Waals surface area contributed by atoms with E-state index in [0.29, 0.717) is 11.5 Å². The van der Waals surface area contributed by atoms with E-state index in [4.69, 9.17) is 18.9 Å². The van der Waals surface area contributed by atoms with Gasteiger partial charge >= 0.3 is 0 Å². The summed E-state index contributed by atoms with van der Waals surface area (Å²) in [6, 6.07) is 21.9.